The Kier molecular flexibility index (Phi) is 6.80. The third-order valence-corrected chi connectivity index (χ3v) is 4.62. The summed E-state index contributed by atoms with van der Waals surface area (Å²) in [6.45, 7) is 5.62. The van der Waals surface area contributed by atoms with Crippen LogP contribution in [0.25, 0.3) is 0 Å². The summed E-state index contributed by atoms with van der Waals surface area (Å²) in [5, 5.41) is 0. The van der Waals surface area contributed by atoms with Crippen molar-refractivity contribution in [2.75, 3.05) is 12.4 Å². The fraction of sp³-hybridized carbons (Fsp3) is 1.00. The molecule has 0 aromatic carbocycles. The lowest BCUT2D eigenvalue weighted by molar-refractivity contribution is 0.540. The first-order chi connectivity index (χ1) is 6.81. The molecule has 0 amide bonds. The Bertz CT molecular complexity index is 257. The molecular weight excluding hydrogens is 234 g/mol. The standard InChI is InChI=1S/C10H22ClNO2S/c1-10(2,3)15(13,14)12-9-7-5-4-6-8-11/h12H,4-9H2,1-3H3. The van der Waals surface area contributed by atoms with Crippen molar-refractivity contribution in [2.45, 2.75) is 51.2 Å². The van der Waals surface area contributed by atoms with Crippen LogP contribution < -0.4 is 4.72 Å². The van der Waals surface area contributed by atoms with E-state index < -0.39 is 14.8 Å². The monoisotopic (exact) mass is 255 g/mol. The zero-order valence-corrected chi connectivity index (χ0v) is 11.4. The molecule has 0 aliphatic rings. The first kappa shape index (κ1) is 15.2. The largest absolute Gasteiger partial charge is 0.216 e. The van der Waals surface area contributed by atoms with Crippen molar-refractivity contribution in [3.8, 4) is 0 Å². The van der Waals surface area contributed by atoms with E-state index in [9.17, 15) is 8.42 Å². The fourth-order valence-electron chi connectivity index (χ4n) is 0.996. The number of nitrogens with one attached hydrogen (secondary N) is 1. The minimum atomic E-state index is -3.17. The highest BCUT2D eigenvalue weighted by Gasteiger charge is 2.27. The summed E-state index contributed by atoms with van der Waals surface area (Å²) in [6, 6.07) is 0. The molecule has 0 aromatic rings. The topological polar surface area (TPSA) is 46.2 Å². The second kappa shape index (κ2) is 6.71. The van der Waals surface area contributed by atoms with Crippen LogP contribution in [0.15, 0.2) is 0 Å². The number of hydrogen-bond acceptors (Lipinski definition) is 2. The van der Waals surface area contributed by atoms with E-state index >= 15 is 0 Å². The van der Waals surface area contributed by atoms with Crippen molar-refractivity contribution in [1.82, 2.24) is 4.72 Å². The second-order valence-electron chi connectivity index (χ2n) is 4.61. The molecule has 92 valence electrons. The molecule has 0 saturated carbocycles. The molecule has 0 unspecified atom stereocenters. The quantitative estimate of drug-likeness (QED) is 0.561. The summed E-state index contributed by atoms with van der Waals surface area (Å²) in [7, 11) is -3.17. The van der Waals surface area contributed by atoms with Gasteiger partial charge in [0.2, 0.25) is 10.0 Å². The van der Waals surface area contributed by atoms with E-state index in [4.69, 9.17) is 11.6 Å². The predicted molar refractivity (Wildman–Crippen MR) is 65.9 cm³/mol. The number of unbranched alkanes of at least 4 members (excludes halogenated alkanes) is 3. The normalized spacial score (nSPS) is 13.1. The van der Waals surface area contributed by atoms with Gasteiger partial charge in [-0.2, -0.15) is 0 Å². The molecule has 0 atom stereocenters. The molecule has 5 heteroatoms. The van der Waals surface area contributed by atoms with Crippen molar-refractivity contribution in [1.29, 1.82) is 0 Å². The van der Waals surface area contributed by atoms with E-state index in [1.54, 1.807) is 20.8 Å². The van der Waals surface area contributed by atoms with E-state index in [1.165, 1.54) is 0 Å². The van der Waals surface area contributed by atoms with Gasteiger partial charge in [-0.15, -0.1) is 11.6 Å². The average molecular weight is 256 g/mol. The van der Waals surface area contributed by atoms with E-state index in [0.717, 1.165) is 25.7 Å². The van der Waals surface area contributed by atoms with Crippen LogP contribution >= 0.6 is 11.6 Å². The van der Waals surface area contributed by atoms with Crippen molar-refractivity contribution in [3.05, 3.63) is 0 Å². The Labute approximate surface area is 98.6 Å². The van der Waals surface area contributed by atoms with Crippen LogP contribution in [0.3, 0.4) is 0 Å². The lowest BCUT2D eigenvalue weighted by Gasteiger charge is -2.19. The maximum atomic E-state index is 11.6. The summed E-state index contributed by atoms with van der Waals surface area (Å²) in [4.78, 5) is 0. The molecule has 0 fully saturated rings. The lowest BCUT2D eigenvalue weighted by atomic mass is 10.2. The molecule has 0 saturated heterocycles. The number of sulfonamides is 1. The van der Waals surface area contributed by atoms with Gasteiger partial charge >= 0.3 is 0 Å². The highest BCUT2D eigenvalue weighted by atomic mass is 35.5. The van der Waals surface area contributed by atoms with Gasteiger partial charge in [0.15, 0.2) is 0 Å². The third-order valence-electron chi connectivity index (χ3n) is 2.16. The van der Waals surface area contributed by atoms with E-state index in [-0.39, 0.29) is 0 Å². The molecule has 0 heterocycles. The number of alkyl halides is 1. The average Bonchev–Trinajstić information content (AvgIpc) is 2.09. The molecule has 0 spiro atoms. The Balaban J connectivity index is 3.69. The Morgan fingerprint density at radius 1 is 1.07 bits per heavy atom. The maximum Gasteiger partial charge on any atom is 0.216 e. The van der Waals surface area contributed by atoms with Crippen molar-refractivity contribution in [3.63, 3.8) is 0 Å². The molecule has 15 heavy (non-hydrogen) atoms. The van der Waals surface area contributed by atoms with Gasteiger partial charge in [-0.05, 0) is 33.6 Å². The maximum absolute atomic E-state index is 11.6. The highest BCUT2D eigenvalue weighted by Crippen LogP contribution is 2.13. The second-order valence-corrected chi connectivity index (χ2v) is 7.51. The molecule has 0 radical (unpaired) electrons. The molecule has 0 rings (SSSR count). The lowest BCUT2D eigenvalue weighted by Crippen LogP contribution is -2.39. The molecule has 0 bridgehead atoms. The molecular formula is C10H22ClNO2S. The van der Waals surface area contributed by atoms with Crippen LogP contribution in [0.5, 0.6) is 0 Å². The van der Waals surface area contributed by atoms with Gasteiger partial charge in [-0.25, -0.2) is 13.1 Å². The van der Waals surface area contributed by atoms with Gasteiger partial charge in [0.25, 0.3) is 0 Å². The van der Waals surface area contributed by atoms with Gasteiger partial charge < -0.3 is 0 Å². The summed E-state index contributed by atoms with van der Waals surface area (Å²) in [6.07, 6.45) is 3.99. The van der Waals surface area contributed by atoms with Gasteiger partial charge in [-0.3, -0.25) is 0 Å². The van der Waals surface area contributed by atoms with Gasteiger partial charge in [0.1, 0.15) is 0 Å². The SMILES string of the molecule is CC(C)(C)S(=O)(=O)NCCCCCCCl. The van der Waals surface area contributed by atoms with Crippen LogP contribution in [0.2, 0.25) is 0 Å². The van der Waals surface area contributed by atoms with Crippen LogP contribution in [0, 0.1) is 0 Å². The molecule has 0 aliphatic heterocycles. The van der Waals surface area contributed by atoms with Crippen molar-refractivity contribution < 1.29 is 8.42 Å². The van der Waals surface area contributed by atoms with E-state index in [2.05, 4.69) is 4.72 Å². The van der Waals surface area contributed by atoms with Crippen LogP contribution in [-0.2, 0) is 10.0 Å². The zero-order valence-electron chi connectivity index (χ0n) is 9.85. The summed E-state index contributed by atoms with van der Waals surface area (Å²) in [5.41, 5.74) is 0. The van der Waals surface area contributed by atoms with Crippen LogP contribution in [0.4, 0.5) is 0 Å². The highest BCUT2D eigenvalue weighted by molar-refractivity contribution is 7.90. The Morgan fingerprint density at radius 3 is 2.07 bits per heavy atom. The molecule has 1 N–H and O–H groups in total. The number of rotatable bonds is 7. The van der Waals surface area contributed by atoms with Gasteiger partial charge in [-0.1, -0.05) is 12.8 Å². The zero-order chi connectivity index (χ0) is 11.9. The van der Waals surface area contributed by atoms with E-state index in [0.29, 0.717) is 12.4 Å². The van der Waals surface area contributed by atoms with E-state index in [1.807, 2.05) is 0 Å². The predicted octanol–water partition coefficient (Wildman–Crippen LogP) is 2.50. The fourth-order valence-corrected chi connectivity index (χ4v) is 2.03. The smallest absolute Gasteiger partial charge is 0.215 e. The number of hydrogen-bond donors (Lipinski definition) is 1. The summed E-state index contributed by atoms with van der Waals surface area (Å²) >= 11 is 5.54. The van der Waals surface area contributed by atoms with Crippen molar-refractivity contribution in [2.24, 2.45) is 0 Å². The Hall–Kier alpha value is 0.200. The summed E-state index contributed by atoms with van der Waals surface area (Å²) < 4.78 is 25.1. The van der Waals surface area contributed by atoms with Crippen LogP contribution in [0.1, 0.15) is 46.5 Å². The minimum Gasteiger partial charge on any atom is -0.215 e. The number of halogens is 1. The van der Waals surface area contributed by atoms with Gasteiger partial charge in [0, 0.05) is 12.4 Å². The van der Waals surface area contributed by atoms with Crippen molar-refractivity contribution >= 4 is 21.6 Å². The van der Waals surface area contributed by atoms with Crippen LogP contribution in [-0.4, -0.2) is 25.6 Å². The minimum absolute atomic E-state index is 0.530. The molecule has 0 aliphatic carbocycles. The molecule has 3 nitrogen and oxygen atoms in total. The first-order valence-electron chi connectivity index (χ1n) is 5.36. The first-order valence-corrected chi connectivity index (χ1v) is 7.38. The van der Waals surface area contributed by atoms with Gasteiger partial charge in [0.05, 0.1) is 4.75 Å². The third kappa shape index (κ3) is 6.38. The summed E-state index contributed by atoms with van der Waals surface area (Å²) in [5.74, 6) is 0.688. The molecule has 0 aromatic heterocycles. The Morgan fingerprint density at radius 2 is 1.60 bits per heavy atom.